The van der Waals surface area contributed by atoms with E-state index in [4.69, 9.17) is 9.47 Å². The Hall–Kier alpha value is -1.11. The summed E-state index contributed by atoms with van der Waals surface area (Å²) in [5.74, 6) is 0.758. The number of hydrogen-bond donors (Lipinski definition) is 1. The molecule has 2 atom stereocenters. The van der Waals surface area contributed by atoms with Crippen molar-refractivity contribution in [2.75, 3.05) is 60.1 Å². The highest BCUT2D eigenvalue weighted by molar-refractivity contribution is 14.0. The quantitative estimate of drug-likeness (QED) is 0.331. The van der Waals surface area contributed by atoms with Gasteiger partial charge in [-0.2, -0.15) is 13.2 Å². The molecule has 2 aliphatic rings. The van der Waals surface area contributed by atoms with Gasteiger partial charge in [-0.05, 0) is 37.1 Å². The molecule has 1 N–H and O–H groups in total. The van der Waals surface area contributed by atoms with Crippen LogP contribution in [0, 0.1) is 0 Å². The van der Waals surface area contributed by atoms with Crippen molar-refractivity contribution in [2.45, 2.75) is 31.2 Å². The molecule has 31 heavy (non-hydrogen) atoms. The third-order valence-electron chi connectivity index (χ3n) is 5.74. The van der Waals surface area contributed by atoms with Crippen molar-refractivity contribution in [3.63, 3.8) is 0 Å². The lowest BCUT2D eigenvalue weighted by Crippen LogP contribution is -2.51. The summed E-state index contributed by atoms with van der Waals surface area (Å²) in [6.07, 6.45) is -2.49. The minimum Gasteiger partial charge on any atom is -0.383 e. The van der Waals surface area contributed by atoms with E-state index in [1.807, 2.05) is 0 Å². The Kier molecular flexibility index (Phi) is 10.3. The molecule has 0 aliphatic carbocycles. The number of benzene rings is 1. The number of nitrogens with one attached hydrogen (secondary N) is 1. The zero-order chi connectivity index (χ0) is 21.6. The molecule has 3 rings (SSSR count). The maximum Gasteiger partial charge on any atom is 0.416 e. The van der Waals surface area contributed by atoms with Gasteiger partial charge in [-0.25, -0.2) is 0 Å². The van der Waals surface area contributed by atoms with Crippen LogP contribution >= 0.6 is 24.0 Å². The topological polar surface area (TPSA) is 49.3 Å². The van der Waals surface area contributed by atoms with E-state index >= 15 is 0 Å². The Morgan fingerprint density at radius 1 is 1.32 bits per heavy atom. The van der Waals surface area contributed by atoms with Gasteiger partial charge in [-0.1, -0.05) is 12.1 Å². The lowest BCUT2D eigenvalue weighted by atomic mass is 10.0. The van der Waals surface area contributed by atoms with E-state index in [2.05, 4.69) is 20.1 Å². The first-order chi connectivity index (χ1) is 14.4. The van der Waals surface area contributed by atoms with E-state index in [1.54, 1.807) is 20.2 Å². The number of aliphatic imine (C=N–C) groups is 1. The lowest BCUT2D eigenvalue weighted by Gasteiger charge is -2.36. The Labute approximate surface area is 199 Å². The van der Waals surface area contributed by atoms with Gasteiger partial charge in [0.25, 0.3) is 0 Å². The van der Waals surface area contributed by atoms with Gasteiger partial charge in [-0.3, -0.25) is 9.89 Å². The second-order valence-electron chi connectivity index (χ2n) is 7.68. The first-order valence-corrected chi connectivity index (χ1v) is 10.4. The fraction of sp³-hybridized carbons (Fsp3) is 0.667. The molecular weight excluding hydrogens is 524 g/mol. The number of morpholine rings is 1. The van der Waals surface area contributed by atoms with E-state index in [9.17, 15) is 13.2 Å². The maximum atomic E-state index is 13.1. The molecule has 0 amide bonds. The van der Waals surface area contributed by atoms with Crippen LogP contribution in [0.25, 0.3) is 0 Å². The average molecular weight is 556 g/mol. The fourth-order valence-corrected chi connectivity index (χ4v) is 4.13. The van der Waals surface area contributed by atoms with Crippen LogP contribution in [0.1, 0.15) is 30.1 Å². The smallest absolute Gasteiger partial charge is 0.383 e. The fourth-order valence-electron chi connectivity index (χ4n) is 4.13. The van der Waals surface area contributed by atoms with Gasteiger partial charge in [0, 0.05) is 39.8 Å². The van der Waals surface area contributed by atoms with E-state index in [1.165, 1.54) is 18.6 Å². The highest BCUT2D eigenvalue weighted by atomic mass is 127. The number of rotatable bonds is 6. The normalized spacial score (nSPS) is 23.0. The van der Waals surface area contributed by atoms with Crippen molar-refractivity contribution in [1.82, 2.24) is 15.1 Å². The van der Waals surface area contributed by atoms with E-state index in [-0.39, 0.29) is 24.0 Å². The van der Waals surface area contributed by atoms with Crippen molar-refractivity contribution < 1.29 is 22.6 Å². The molecule has 0 spiro atoms. The molecule has 2 saturated heterocycles. The van der Waals surface area contributed by atoms with Crippen LogP contribution in [0.15, 0.2) is 29.3 Å². The molecule has 2 aliphatic heterocycles. The van der Waals surface area contributed by atoms with Gasteiger partial charge in [0.05, 0.1) is 25.3 Å². The number of ether oxygens (including phenoxy) is 2. The molecule has 0 saturated carbocycles. The minimum absolute atomic E-state index is 0. The van der Waals surface area contributed by atoms with Gasteiger partial charge in [-0.15, -0.1) is 24.0 Å². The average Bonchev–Trinajstić information content (AvgIpc) is 3.20. The van der Waals surface area contributed by atoms with Crippen molar-refractivity contribution in [3.05, 3.63) is 35.4 Å². The van der Waals surface area contributed by atoms with Crippen LogP contribution in [-0.2, 0) is 15.7 Å². The van der Waals surface area contributed by atoms with Crippen LogP contribution in [0.4, 0.5) is 13.2 Å². The largest absolute Gasteiger partial charge is 0.416 e. The van der Waals surface area contributed by atoms with Crippen molar-refractivity contribution in [2.24, 2.45) is 4.99 Å². The van der Waals surface area contributed by atoms with Crippen LogP contribution in [-0.4, -0.2) is 81.9 Å². The van der Waals surface area contributed by atoms with Gasteiger partial charge < -0.3 is 19.7 Å². The van der Waals surface area contributed by atoms with Crippen LogP contribution in [0.3, 0.4) is 0 Å². The molecule has 2 unspecified atom stereocenters. The highest BCUT2D eigenvalue weighted by Crippen LogP contribution is 2.32. The Balaban J connectivity index is 0.00000341. The molecule has 6 nitrogen and oxygen atoms in total. The third kappa shape index (κ3) is 7.19. The monoisotopic (exact) mass is 556 g/mol. The summed E-state index contributed by atoms with van der Waals surface area (Å²) in [6, 6.07) is 5.81. The predicted molar refractivity (Wildman–Crippen MR) is 125 cm³/mol. The van der Waals surface area contributed by atoms with Crippen molar-refractivity contribution in [1.29, 1.82) is 0 Å². The second-order valence-corrected chi connectivity index (χ2v) is 7.68. The first-order valence-electron chi connectivity index (χ1n) is 10.4. The predicted octanol–water partition coefficient (Wildman–Crippen LogP) is 3.38. The standard InChI is InChI=1S/C21H31F3N4O2.HI/c1-25-20(26-14-18-7-4-8-27(18)9-11-29-2)28-10-12-30-19(15-28)16-5-3-6-17(13-16)21(22,23)24;/h3,5-6,13,18-19H,4,7-12,14-15H2,1-2H3,(H,25,26);1H. The summed E-state index contributed by atoms with van der Waals surface area (Å²) in [6.45, 7) is 5.02. The Morgan fingerprint density at radius 3 is 2.84 bits per heavy atom. The summed E-state index contributed by atoms with van der Waals surface area (Å²) >= 11 is 0. The number of nitrogens with zero attached hydrogens (tertiary/aromatic N) is 3. The second kappa shape index (κ2) is 12.2. The highest BCUT2D eigenvalue weighted by Gasteiger charge is 2.32. The van der Waals surface area contributed by atoms with Gasteiger partial charge in [0.2, 0.25) is 0 Å². The number of likely N-dealkylation sites (tertiary alicyclic amines) is 1. The zero-order valence-electron chi connectivity index (χ0n) is 18.0. The summed E-state index contributed by atoms with van der Waals surface area (Å²) in [4.78, 5) is 8.88. The Morgan fingerprint density at radius 2 is 2.13 bits per heavy atom. The number of halogens is 4. The molecule has 10 heteroatoms. The molecule has 0 aromatic heterocycles. The summed E-state index contributed by atoms with van der Waals surface area (Å²) in [7, 11) is 3.44. The van der Waals surface area contributed by atoms with E-state index in [0.29, 0.717) is 37.9 Å². The number of hydrogen-bond acceptors (Lipinski definition) is 4. The molecule has 1 aromatic rings. The van der Waals surface area contributed by atoms with E-state index in [0.717, 1.165) is 38.1 Å². The van der Waals surface area contributed by atoms with Crippen LogP contribution in [0.2, 0.25) is 0 Å². The number of methoxy groups -OCH3 is 1. The Bertz CT molecular complexity index is 720. The molecular formula is C21H32F3IN4O2. The molecule has 176 valence electrons. The first kappa shape index (κ1) is 26.1. The molecule has 0 bridgehead atoms. The van der Waals surface area contributed by atoms with Gasteiger partial charge in [0.1, 0.15) is 6.10 Å². The molecule has 2 fully saturated rings. The van der Waals surface area contributed by atoms with Crippen molar-refractivity contribution in [3.8, 4) is 0 Å². The molecule has 0 radical (unpaired) electrons. The summed E-state index contributed by atoms with van der Waals surface area (Å²) in [5.41, 5.74) is -0.118. The molecule has 2 heterocycles. The lowest BCUT2D eigenvalue weighted by molar-refractivity contribution is -0.137. The number of alkyl halides is 3. The summed E-state index contributed by atoms with van der Waals surface area (Å²) in [5, 5.41) is 3.45. The zero-order valence-corrected chi connectivity index (χ0v) is 20.4. The minimum atomic E-state index is -4.36. The van der Waals surface area contributed by atoms with Gasteiger partial charge >= 0.3 is 6.18 Å². The van der Waals surface area contributed by atoms with Crippen LogP contribution < -0.4 is 5.32 Å². The summed E-state index contributed by atoms with van der Waals surface area (Å²) < 4.78 is 50.2. The molecule has 1 aromatic carbocycles. The number of guanidine groups is 1. The SMILES string of the molecule is CN=C(NCC1CCCN1CCOC)N1CCOC(c2cccc(C(F)(F)F)c2)C1.I. The van der Waals surface area contributed by atoms with Crippen LogP contribution in [0.5, 0.6) is 0 Å². The van der Waals surface area contributed by atoms with Gasteiger partial charge in [0.15, 0.2) is 5.96 Å². The van der Waals surface area contributed by atoms with Crippen molar-refractivity contribution >= 4 is 29.9 Å². The maximum absolute atomic E-state index is 13.1. The third-order valence-corrected chi connectivity index (χ3v) is 5.74. The van der Waals surface area contributed by atoms with E-state index < -0.39 is 17.8 Å².